The van der Waals surface area contributed by atoms with E-state index in [-0.39, 0.29) is 5.41 Å². The van der Waals surface area contributed by atoms with Crippen LogP contribution in [-0.2, 0) is 0 Å². The first-order valence-electron chi connectivity index (χ1n) is 18.9. The van der Waals surface area contributed by atoms with Gasteiger partial charge in [0.25, 0.3) is 0 Å². The Balaban J connectivity index is 1.22. The van der Waals surface area contributed by atoms with Crippen molar-refractivity contribution in [3.63, 3.8) is 0 Å². The van der Waals surface area contributed by atoms with Crippen molar-refractivity contribution in [2.75, 3.05) is 0 Å². The average molecular weight is 583 g/mol. The number of rotatable bonds is 10. The van der Waals surface area contributed by atoms with Gasteiger partial charge in [-0.15, -0.1) is 6.58 Å². The summed E-state index contributed by atoms with van der Waals surface area (Å²) in [5.74, 6) is 6.99. The average Bonchev–Trinajstić information content (AvgIpc) is 3.44. The molecule has 43 heavy (non-hydrogen) atoms. The van der Waals surface area contributed by atoms with Gasteiger partial charge in [0.05, 0.1) is 0 Å². The summed E-state index contributed by atoms with van der Waals surface area (Å²) in [6.07, 6.45) is 31.3. The third kappa shape index (κ3) is 5.35. The number of fused-ring (bicyclic) bond motifs is 7. The lowest BCUT2D eigenvalue weighted by Crippen LogP contribution is -2.55. The molecule has 11 unspecified atom stereocenters. The number of hydrogen-bond acceptors (Lipinski definition) is 0. The summed E-state index contributed by atoms with van der Waals surface area (Å²) in [5, 5.41) is 0. The van der Waals surface area contributed by atoms with E-state index in [2.05, 4.69) is 66.0 Å². The Bertz CT molecular complexity index is 1150. The molecule has 0 aliphatic heterocycles. The first-order valence-corrected chi connectivity index (χ1v) is 18.9. The van der Waals surface area contributed by atoms with Crippen LogP contribution in [0.1, 0.15) is 144 Å². The van der Waals surface area contributed by atoms with E-state index < -0.39 is 0 Å². The lowest BCUT2D eigenvalue weighted by atomic mass is 9.42. The molecule has 238 valence electrons. The van der Waals surface area contributed by atoms with Gasteiger partial charge < -0.3 is 0 Å². The molecule has 6 aliphatic carbocycles. The molecule has 0 amide bonds. The third-order valence-corrected chi connectivity index (χ3v) is 15.1. The van der Waals surface area contributed by atoms with Gasteiger partial charge in [-0.05, 0) is 141 Å². The van der Waals surface area contributed by atoms with E-state index in [0.717, 1.165) is 47.3 Å². The molecule has 0 nitrogen and oxygen atoms in total. The molecule has 0 aromatic rings. The SMILES string of the molecule is C=C1C=CC2(C)C(=C1)CCC1C2C(C)CC2(C)C1CC1CC(CCC)CC12C(=C)CCC1CCCC(CCCC(=C)C)C1. The van der Waals surface area contributed by atoms with Crippen molar-refractivity contribution >= 4 is 0 Å². The smallest absolute Gasteiger partial charge is 0.0103 e. The Morgan fingerprint density at radius 2 is 1.70 bits per heavy atom. The van der Waals surface area contributed by atoms with Crippen LogP contribution in [0.15, 0.2) is 60.3 Å². The fourth-order valence-corrected chi connectivity index (χ4v) is 13.6. The summed E-state index contributed by atoms with van der Waals surface area (Å²) in [6.45, 7) is 26.3. The van der Waals surface area contributed by atoms with Crippen LogP contribution in [0.2, 0.25) is 0 Å². The highest BCUT2D eigenvalue weighted by atomic mass is 14.7. The van der Waals surface area contributed by atoms with Crippen molar-refractivity contribution in [3.05, 3.63) is 60.3 Å². The van der Waals surface area contributed by atoms with Gasteiger partial charge in [-0.1, -0.05) is 114 Å². The standard InChI is InChI=1S/C43H66/c1-9-12-35-25-37-26-39-38-20-19-36-23-30(4)21-22-41(36,7)40(38)31(5)27-42(39,8)43(37,28-35)32(6)17-18-34-16-11-15-33(24-34)14-10-13-29(2)3/h21-23,31,33-35,37-40H,2,4,6,9-20,24-28H2,1,3,5,7-8H3. The van der Waals surface area contributed by atoms with Crippen molar-refractivity contribution in [3.8, 4) is 0 Å². The van der Waals surface area contributed by atoms with Crippen LogP contribution in [-0.4, -0.2) is 0 Å². The highest BCUT2D eigenvalue weighted by molar-refractivity contribution is 5.44. The summed E-state index contributed by atoms with van der Waals surface area (Å²) in [7, 11) is 0. The van der Waals surface area contributed by atoms with Gasteiger partial charge in [-0.3, -0.25) is 0 Å². The highest BCUT2D eigenvalue weighted by Crippen LogP contribution is 2.78. The van der Waals surface area contributed by atoms with Crippen LogP contribution in [0.4, 0.5) is 0 Å². The number of allylic oxidation sites excluding steroid dienone is 7. The second-order valence-corrected chi connectivity index (χ2v) is 17.7. The maximum absolute atomic E-state index is 5.15. The van der Waals surface area contributed by atoms with Crippen LogP contribution < -0.4 is 0 Å². The zero-order valence-corrected chi connectivity index (χ0v) is 29.0. The molecular formula is C43H66. The van der Waals surface area contributed by atoms with Gasteiger partial charge in [0.2, 0.25) is 0 Å². The Kier molecular flexibility index (Phi) is 8.94. The first kappa shape index (κ1) is 31.7. The molecule has 0 bridgehead atoms. The van der Waals surface area contributed by atoms with Crippen LogP contribution >= 0.6 is 0 Å². The van der Waals surface area contributed by atoms with Crippen molar-refractivity contribution in [2.45, 2.75) is 144 Å². The molecule has 6 aliphatic rings. The first-order chi connectivity index (χ1) is 20.5. The van der Waals surface area contributed by atoms with E-state index in [1.165, 1.54) is 120 Å². The molecule has 0 heteroatoms. The Labute approximate surface area is 267 Å². The molecule has 0 spiro atoms. The molecule has 0 aromatic carbocycles. The molecule has 0 saturated heterocycles. The summed E-state index contributed by atoms with van der Waals surface area (Å²) < 4.78 is 0. The minimum atomic E-state index is 0.235. The molecular weight excluding hydrogens is 516 g/mol. The van der Waals surface area contributed by atoms with Crippen LogP contribution in [0.25, 0.3) is 0 Å². The largest absolute Gasteiger partial charge is 0.100 e. The maximum Gasteiger partial charge on any atom is 0.0103 e. The molecule has 0 heterocycles. The minimum absolute atomic E-state index is 0.235. The van der Waals surface area contributed by atoms with Crippen molar-refractivity contribution in [1.29, 1.82) is 0 Å². The Morgan fingerprint density at radius 1 is 0.930 bits per heavy atom. The molecule has 5 fully saturated rings. The zero-order valence-electron chi connectivity index (χ0n) is 29.0. The fraction of sp³-hybridized carbons (Fsp3) is 0.767. The monoisotopic (exact) mass is 583 g/mol. The molecule has 6 rings (SSSR count). The van der Waals surface area contributed by atoms with E-state index in [0.29, 0.717) is 10.8 Å². The quantitative estimate of drug-likeness (QED) is 0.225. The van der Waals surface area contributed by atoms with E-state index in [1.807, 2.05) is 0 Å². The van der Waals surface area contributed by atoms with Gasteiger partial charge in [-0.25, -0.2) is 0 Å². The normalized spacial score (nSPS) is 45.1. The molecule has 5 saturated carbocycles. The van der Waals surface area contributed by atoms with Gasteiger partial charge in [0, 0.05) is 5.41 Å². The molecule has 0 radical (unpaired) electrons. The van der Waals surface area contributed by atoms with Crippen LogP contribution in [0, 0.1) is 63.6 Å². The van der Waals surface area contributed by atoms with Gasteiger partial charge >= 0.3 is 0 Å². The van der Waals surface area contributed by atoms with Gasteiger partial charge in [-0.2, -0.15) is 0 Å². The Morgan fingerprint density at radius 3 is 2.44 bits per heavy atom. The second-order valence-electron chi connectivity index (χ2n) is 17.7. The minimum Gasteiger partial charge on any atom is -0.100 e. The summed E-state index contributed by atoms with van der Waals surface area (Å²) >= 11 is 0. The van der Waals surface area contributed by atoms with Crippen LogP contribution in [0.5, 0.6) is 0 Å². The van der Waals surface area contributed by atoms with Crippen LogP contribution in [0.3, 0.4) is 0 Å². The third-order valence-electron chi connectivity index (χ3n) is 15.1. The van der Waals surface area contributed by atoms with Crippen molar-refractivity contribution in [1.82, 2.24) is 0 Å². The van der Waals surface area contributed by atoms with Crippen molar-refractivity contribution in [2.24, 2.45) is 63.6 Å². The topological polar surface area (TPSA) is 0 Å². The molecule has 11 atom stereocenters. The van der Waals surface area contributed by atoms with E-state index in [9.17, 15) is 0 Å². The lowest BCUT2D eigenvalue weighted by Gasteiger charge is -2.62. The summed E-state index contributed by atoms with van der Waals surface area (Å²) in [6, 6.07) is 0. The second kappa shape index (κ2) is 12.1. The summed E-state index contributed by atoms with van der Waals surface area (Å²) in [4.78, 5) is 0. The highest BCUT2D eigenvalue weighted by Gasteiger charge is 2.70. The summed E-state index contributed by atoms with van der Waals surface area (Å²) in [5.41, 5.74) is 7.02. The number of hydrogen-bond donors (Lipinski definition) is 0. The van der Waals surface area contributed by atoms with Gasteiger partial charge in [0.1, 0.15) is 0 Å². The van der Waals surface area contributed by atoms with Gasteiger partial charge in [0.15, 0.2) is 0 Å². The molecule has 0 aromatic heterocycles. The maximum atomic E-state index is 5.15. The van der Waals surface area contributed by atoms with Crippen molar-refractivity contribution < 1.29 is 0 Å². The zero-order chi connectivity index (χ0) is 30.6. The van der Waals surface area contributed by atoms with E-state index in [1.54, 1.807) is 11.1 Å². The lowest BCUT2D eigenvalue weighted by molar-refractivity contribution is -0.0916. The molecule has 0 N–H and O–H groups in total. The fourth-order valence-electron chi connectivity index (χ4n) is 13.6. The predicted molar refractivity (Wildman–Crippen MR) is 187 cm³/mol. The van der Waals surface area contributed by atoms with E-state index >= 15 is 0 Å². The Hall–Kier alpha value is -1.30. The van der Waals surface area contributed by atoms with E-state index in [4.69, 9.17) is 6.58 Å². The predicted octanol–water partition coefficient (Wildman–Crippen LogP) is 12.8.